The normalized spacial score (nSPS) is 15.7. The first-order valence-electron chi connectivity index (χ1n) is 49.0. The Hall–Kier alpha value is -13.0. The van der Waals surface area contributed by atoms with E-state index in [1.165, 1.54) is 24.8 Å². The van der Waals surface area contributed by atoms with Gasteiger partial charge in [0, 0.05) is 159 Å². The minimum absolute atomic E-state index is 0.0104. The van der Waals surface area contributed by atoms with Gasteiger partial charge in [-0.3, -0.25) is 62.7 Å². The number of nitrogens with one attached hydrogen (secondary N) is 5. The minimum atomic E-state index is -0.814. The average molecular weight is 1860 g/mol. The number of amides is 8. The van der Waals surface area contributed by atoms with Crippen molar-refractivity contribution in [2.75, 3.05) is 79.1 Å². The van der Waals surface area contributed by atoms with Crippen LogP contribution in [0.4, 0.5) is 0 Å². The third kappa shape index (κ3) is 32.6. The molecule has 1 saturated heterocycles. The number of unbranched alkanes of at least 4 members (excludes halogenated alkanes) is 2. The van der Waals surface area contributed by atoms with Crippen LogP contribution in [0.5, 0.6) is 5.75 Å². The second-order valence-corrected chi connectivity index (χ2v) is 36.2. The Kier molecular flexibility index (Phi) is 42.6. The average Bonchev–Trinajstić information content (AvgIpc) is 0.794. The van der Waals surface area contributed by atoms with Crippen LogP contribution in [0.15, 0.2) is 260 Å². The zero-order valence-electron chi connectivity index (χ0n) is 80.0. The Labute approximate surface area is 808 Å². The smallest absolute Gasteiger partial charge is 0.243 e. The number of Topliss-reactive ketones (excluding diaryl/α,β-unsaturated/α-hetero) is 2. The summed E-state index contributed by atoms with van der Waals surface area (Å²) in [7, 11) is 1.72. The lowest BCUT2D eigenvalue weighted by atomic mass is 9.89. The number of nitrogens with zero attached hydrogens (tertiary/aromatic N) is 6. The van der Waals surface area contributed by atoms with Gasteiger partial charge in [0.25, 0.3) is 0 Å². The molecule has 26 heteroatoms. The van der Waals surface area contributed by atoms with Gasteiger partial charge < -0.3 is 69.0 Å². The second kappa shape index (κ2) is 55.9. The number of methoxy groups -OCH3 is 1. The molecule has 9 aromatic carbocycles. The lowest BCUT2D eigenvalue weighted by molar-refractivity contribution is -0.142. The highest BCUT2D eigenvalue weighted by molar-refractivity contribution is 6.00. The van der Waals surface area contributed by atoms with Crippen molar-refractivity contribution < 1.29 is 52.7 Å². The van der Waals surface area contributed by atoms with Crippen LogP contribution < -0.4 is 54.3 Å². The number of hydrogen-bond donors (Lipinski definition) is 9. The fourth-order valence-electron chi connectivity index (χ4n) is 18.8. The zero-order chi connectivity index (χ0) is 97.1. The largest absolute Gasteiger partial charge is 0.496 e. The van der Waals surface area contributed by atoms with Gasteiger partial charge in [0.15, 0.2) is 17.5 Å². The zero-order valence-corrected chi connectivity index (χ0v) is 80.0. The Morgan fingerprint density at radius 3 is 1.31 bits per heavy atom. The number of rotatable bonds is 45. The molecule has 0 radical (unpaired) electrons. The monoisotopic (exact) mass is 1860 g/mol. The van der Waals surface area contributed by atoms with Crippen LogP contribution in [0.3, 0.4) is 0 Å². The van der Waals surface area contributed by atoms with E-state index >= 15 is 0 Å². The number of fused-ring (bicyclic) bond motifs is 2. The van der Waals surface area contributed by atoms with E-state index in [1.54, 1.807) is 77.3 Å². The van der Waals surface area contributed by atoms with Gasteiger partial charge in [0.2, 0.25) is 47.3 Å². The van der Waals surface area contributed by atoms with Gasteiger partial charge in [0.1, 0.15) is 36.0 Å². The molecule has 4 aliphatic rings. The fraction of sp³-hybridized carbons (Fsp3) is 0.414. The number of ketones is 2. The molecule has 0 bridgehead atoms. The SMILES string of the molecule is COc1ccccc1CN1CCN(C(C)CCN(C(C)=O)[C@H](CCCCN)C(=O)NCC(c2ccccc2)c2ccccc2)CC1.NC(N)=NCCC[C@H](NC(=O)[C@@H]1Cc2ccccc2CN1C(=O)CCC(=O)c1ccccc1)C(=O)NCC1CCCCC1.NCCCC[C@H](NC(=O)[C@@H]1Cc2ccccc2CN1C(=O)CCC(=O)c1ccccc1)C(=O)NCC(c1ccccc1)c1ccccc1. The van der Waals surface area contributed by atoms with Crippen LogP contribution in [0.2, 0.25) is 0 Å². The van der Waals surface area contributed by atoms with E-state index in [9.17, 15) is 47.9 Å². The van der Waals surface area contributed by atoms with Crippen molar-refractivity contribution in [1.29, 1.82) is 0 Å². The Balaban J connectivity index is 0.000000197. The molecule has 1 unspecified atom stereocenters. The van der Waals surface area contributed by atoms with E-state index < -0.39 is 36.1 Å². The van der Waals surface area contributed by atoms with Gasteiger partial charge >= 0.3 is 0 Å². The topological polar surface area (TPSA) is 373 Å². The van der Waals surface area contributed by atoms with Crippen molar-refractivity contribution in [3.05, 3.63) is 316 Å². The molecule has 137 heavy (non-hydrogen) atoms. The molecule has 26 nitrogen and oxygen atoms in total. The van der Waals surface area contributed by atoms with E-state index in [0.29, 0.717) is 120 Å². The number of benzene rings is 9. The van der Waals surface area contributed by atoms with Gasteiger partial charge in [0.05, 0.1) is 7.11 Å². The van der Waals surface area contributed by atoms with Crippen molar-refractivity contribution in [2.24, 2.45) is 33.8 Å². The maximum absolute atomic E-state index is 14.0. The molecule has 13 rings (SSSR count). The molecule has 3 aliphatic heterocycles. The molecule has 9 aromatic rings. The first-order chi connectivity index (χ1) is 66.7. The molecule has 0 aromatic heterocycles. The minimum Gasteiger partial charge on any atom is -0.496 e. The Bertz CT molecular complexity index is 5240. The van der Waals surface area contributed by atoms with Crippen molar-refractivity contribution in [1.82, 2.24) is 51.1 Å². The summed E-state index contributed by atoms with van der Waals surface area (Å²) in [5, 5.41) is 15.3. The summed E-state index contributed by atoms with van der Waals surface area (Å²) in [4.78, 5) is 148. The summed E-state index contributed by atoms with van der Waals surface area (Å²) in [6.07, 6.45) is 12.1. The van der Waals surface area contributed by atoms with E-state index in [-0.39, 0.29) is 109 Å². The maximum atomic E-state index is 14.0. The van der Waals surface area contributed by atoms with Crippen molar-refractivity contribution in [3.8, 4) is 5.75 Å². The highest BCUT2D eigenvalue weighted by atomic mass is 16.5. The number of ether oxygens (including phenoxy) is 1. The fourth-order valence-corrected chi connectivity index (χ4v) is 18.8. The quantitative estimate of drug-likeness (QED) is 0.00741. The summed E-state index contributed by atoms with van der Waals surface area (Å²) in [5.41, 5.74) is 33.1. The van der Waals surface area contributed by atoms with Gasteiger partial charge in [-0.05, 0) is 147 Å². The number of carbonyl (C=O) groups excluding carboxylic acids is 10. The molecule has 6 atom stereocenters. The summed E-state index contributed by atoms with van der Waals surface area (Å²) in [6, 6.07) is 78.6. The predicted octanol–water partition coefficient (Wildman–Crippen LogP) is 12.9. The highest BCUT2D eigenvalue weighted by Gasteiger charge is 2.40. The molecular formula is C111H141N15O11. The molecule has 8 amide bonds. The van der Waals surface area contributed by atoms with Gasteiger partial charge in [-0.15, -0.1) is 0 Å². The summed E-state index contributed by atoms with van der Waals surface area (Å²) >= 11 is 0. The number of carbonyl (C=O) groups is 10. The Morgan fingerprint density at radius 1 is 0.453 bits per heavy atom. The van der Waals surface area contributed by atoms with Gasteiger partial charge in [-0.2, -0.15) is 0 Å². The number of guanidine groups is 1. The Morgan fingerprint density at radius 2 is 0.861 bits per heavy atom. The number of para-hydroxylation sites is 1. The molecule has 13 N–H and O–H groups in total. The van der Waals surface area contributed by atoms with Crippen molar-refractivity contribution in [3.63, 3.8) is 0 Å². The first kappa shape index (κ1) is 104. The van der Waals surface area contributed by atoms with Crippen molar-refractivity contribution in [2.45, 2.75) is 210 Å². The van der Waals surface area contributed by atoms with E-state index in [0.717, 1.165) is 115 Å². The van der Waals surface area contributed by atoms with Crippen LogP contribution in [-0.2, 0) is 70.8 Å². The molecule has 3 heterocycles. The summed E-state index contributed by atoms with van der Waals surface area (Å²) in [6.45, 7) is 12.4. The standard InChI is InChI=1S/C40H44N4O4.C38H53N5O3.C33H44N6O4/c41-25-13-12-22-35(39(47)42-27-34(29-14-4-1-5-15-29)30-16-6-2-7-17-30)43-40(48)36-26-32-20-10-11-21-33(32)28-44(36)38(46)24-23-37(45)31-18-8-3-9-19-31;1-30(42-26-24-41(25-27-42)29-34-18-10-11-20-37(34)46-3)21-23-43(31(2)44)36(19-12-13-22-39)38(45)40-28-35(32-14-6-4-7-15-32)33-16-8-5-9-17-33;34-33(35)36-19-9-16-27(31(42)37-21-23-10-3-1-4-11-23)38-32(43)28-20-25-14-7-8-15-26(25)22-39(28)30(41)18-17-29(40)24-12-5-2-6-13-24/h1-11,14-21,34-36H,12-13,22-28,41H2,(H,42,47)(H,43,48);4-11,14-18,20,30,35-36H,12-13,19,21-29,39H2,1-3H3,(H,40,45);2,5-8,12-15,23,27-28H,1,3-4,9-11,16-22H2,(H,37,42)(H,38,43)(H4,34,35,36)/t35-,36-;30?,36-;27-,28-/m010/s1. The second-order valence-electron chi connectivity index (χ2n) is 36.2. The number of aliphatic imine (C=N–C) groups is 1. The van der Waals surface area contributed by atoms with E-state index in [2.05, 4.69) is 84.7 Å². The molecule has 2 fully saturated rings. The highest BCUT2D eigenvalue weighted by Crippen LogP contribution is 2.32. The van der Waals surface area contributed by atoms with Crippen LogP contribution >= 0.6 is 0 Å². The lowest BCUT2D eigenvalue weighted by Gasteiger charge is -2.39. The molecule has 1 saturated carbocycles. The summed E-state index contributed by atoms with van der Waals surface area (Å²) < 4.78 is 5.55. The third-order valence-electron chi connectivity index (χ3n) is 26.7. The number of nitrogens with two attached hydrogens (primary N) is 4. The van der Waals surface area contributed by atoms with E-state index in [4.69, 9.17) is 27.7 Å². The van der Waals surface area contributed by atoms with Crippen LogP contribution in [0.25, 0.3) is 0 Å². The number of piperazine rings is 1. The van der Waals surface area contributed by atoms with E-state index in [1.807, 2.05) is 170 Å². The predicted molar refractivity (Wildman–Crippen MR) is 539 cm³/mol. The molecule has 726 valence electrons. The van der Waals surface area contributed by atoms with Crippen LogP contribution in [-0.4, -0.2) is 205 Å². The third-order valence-corrected chi connectivity index (χ3v) is 26.7. The molecular weight excluding hydrogens is 1720 g/mol. The maximum Gasteiger partial charge on any atom is 0.243 e. The molecule has 1 aliphatic carbocycles. The van der Waals surface area contributed by atoms with Crippen molar-refractivity contribution >= 4 is 64.8 Å². The van der Waals surface area contributed by atoms with Crippen LogP contribution in [0.1, 0.15) is 212 Å². The number of hydrogen-bond acceptors (Lipinski definition) is 16. The van der Waals surface area contributed by atoms with Gasteiger partial charge in [-0.1, -0.05) is 268 Å². The molecule has 0 spiro atoms. The first-order valence-corrected chi connectivity index (χ1v) is 49.0. The summed E-state index contributed by atoms with van der Waals surface area (Å²) in [5.74, 6) is -0.954. The lowest BCUT2D eigenvalue weighted by Crippen LogP contribution is -2.57. The van der Waals surface area contributed by atoms with Gasteiger partial charge in [-0.25, -0.2) is 0 Å². The van der Waals surface area contributed by atoms with Crippen LogP contribution in [0, 0.1) is 5.92 Å².